The highest BCUT2D eigenvalue weighted by Crippen LogP contribution is 2.15. The molecule has 0 saturated heterocycles. The number of nitrogens with one attached hydrogen (secondary N) is 1. The molecule has 1 N–H and O–H groups in total. The summed E-state index contributed by atoms with van der Waals surface area (Å²) in [7, 11) is 0. The molecule has 80 valence electrons. The number of rotatable bonds is 2. The number of carbonyl (C=O) groups excluding carboxylic acids is 1. The Kier molecular flexibility index (Phi) is 3.12. The molecule has 0 spiro atoms. The molecule has 1 amide bonds. The van der Waals surface area contributed by atoms with Gasteiger partial charge in [0.1, 0.15) is 12.0 Å². The molecule has 0 saturated carbocycles. The van der Waals surface area contributed by atoms with Gasteiger partial charge in [0, 0.05) is 16.9 Å². The molecule has 0 aliphatic carbocycles. The first kappa shape index (κ1) is 10.6. The van der Waals surface area contributed by atoms with E-state index in [1.165, 1.54) is 12.5 Å². The van der Waals surface area contributed by atoms with Crippen LogP contribution in [0.1, 0.15) is 10.5 Å². The Morgan fingerprint density at radius 3 is 2.88 bits per heavy atom. The van der Waals surface area contributed by atoms with E-state index in [9.17, 15) is 4.79 Å². The van der Waals surface area contributed by atoms with Crippen LogP contribution in [0.3, 0.4) is 0 Å². The van der Waals surface area contributed by atoms with E-state index in [2.05, 4.69) is 15.3 Å². The lowest BCUT2D eigenvalue weighted by Crippen LogP contribution is -2.13. The zero-order valence-electron chi connectivity index (χ0n) is 8.22. The van der Waals surface area contributed by atoms with Crippen molar-refractivity contribution >= 4 is 23.2 Å². The van der Waals surface area contributed by atoms with Gasteiger partial charge in [-0.2, -0.15) is 0 Å². The minimum atomic E-state index is -0.287. The van der Waals surface area contributed by atoms with Gasteiger partial charge in [-0.1, -0.05) is 17.7 Å². The summed E-state index contributed by atoms with van der Waals surface area (Å²) in [5, 5.41) is 3.26. The normalized spacial score (nSPS) is 9.81. The van der Waals surface area contributed by atoms with Crippen molar-refractivity contribution in [2.75, 3.05) is 5.32 Å². The maximum Gasteiger partial charge on any atom is 0.274 e. The van der Waals surface area contributed by atoms with E-state index in [0.717, 1.165) is 0 Å². The summed E-state index contributed by atoms with van der Waals surface area (Å²) < 4.78 is 0. The molecule has 5 heteroatoms. The molecule has 2 rings (SSSR count). The third kappa shape index (κ3) is 2.55. The van der Waals surface area contributed by atoms with Crippen LogP contribution in [0.4, 0.5) is 5.69 Å². The third-order valence-electron chi connectivity index (χ3n) is 1.90. The molecule has 0 fully saturated rings. The van der Waals surface area contributed by atoms with Crippen LogP contribution in [-0.4, -0.2) is 15.9 Å². The van der Waals surface area contributed by atoms with Crippen LogP contribution in [0.5, 0.6) is 0 Å². The molecule has 1 heterocycles. The first-order valence-electron chi connectivity index (χ1n) is 4.58. The molecule has 2 aromatic rings. The van der Waals surface area contributed by atoms with Gasteiger partial charge in [0.25, 0.3) is 5.91 Å². The van der Waals surface area contributed by atoms with E-state index in [1.807, 2.05) is 0 Å². The average molecular weight is 234 g/mol. The number of hydrogen-bond donors (Lipinski definition) is 1. The summed E-state index contributed by atoms with van der Waals surface area (Å²) in [6.45, 7) is 0. The lowest BCUT2D eigenvalue weighted by molar-refractivity contribution is 0.102. The average Bonchev–Trinajstić information content (AvgIpc) is 2.30. The Hall–Kier alpha value is -1.94. The Morgan fingerprint density at radius 2 is 2.19 bits per heavy atom. The van der Waals surface area contributed by atoms with Crippen molar-refractivity contribution in [3.63, 3.8) is 0 Å². The molecule has 0 atom stereocenters. The minimum Gasteiger partial charge on any atom is -0.321 e. The van der Waals surface area contributed by atoms with E-state index in [-0.39, 0.29) is 5.91 Å². The van der Waals surface area contributed by atoms with Gasteiger partial charge in [-0.05, 0) is 24.3 Å². The number of halogens is 1. The quantitative estimate of drug-likeness (QED) is 0.867. The van der Waals surface area contributed by atoms with Gasteiger partial charge in [0.15, 0.2) is 0 Å². The molecular formula is C11H8ClN3O. The minimum absolute atomic E-state index is 0.287. The van der Waals surface area contributed by atoms with Crippen LogP contribution >= 0.6 is 11.6 Å². The predicted octanol–water partition coefficient (Wildman–Crippen LogP) is 2.38. The molecule has 0 bridgehead atoms. The van der Waals surface area contributed by atoms with Crippen LogP contribution in [0.15, 0.2) is 42.9 Å². The predicted molar refractivity (Wildman–Crippen MR) is 61.4 cm³/mol. The van der Waals surface area contributed by atoms with Gasteiger partial charge in [-0.25, -0.2) is 9.97 Å². The lowest BCUT2D eigenvalue weighted by Gasteiger charge is -2.04. The molecule has 16 heavy (non-hydrogen) atoms. The van der Waals surface area contributed by atoms with Crippen molar-refractivity contribution in [2.45, 2.75) is 0 Å². The second kappa shape index (κ2) is 4.72. The fourth-order valence-electron chi connectivity index (χ4n) is 1.19. The van der Waals surface area contributed by atoms with Crippen molar-refractivity contribution in [3.8, 4) is 0 Å². The molecule has 1 aromatic carbocycles. The Balaban J connectivity index is 2.14. The summed E-state index contributed by atoms with van der Waals surface area (Å²) in [5.41, 5.74) is 0.950. The highest BCUT2D eigenvalue weighted by Gasteiger charge is 2.06. The number of amides is 1. The Bertz CT molecular complexity index is 502. The SMILES string of the molecule is O=C(Nc1cccc(Cl)c1)c1ccncn1. The van der Waals surface area contributed by atoms with E-state index in [4.69, 9.17) is 11.6 Å². The smallest absolute Gasteiger partial charge is 0.274 e. The lowest BCUT2D eigenvalue weighted by atomic mass is 10.3. The van der Waals surface area contributed by atoms with Crippen LogP contribution in [0, 0.1) is 0 Å². The number of anilines is 1. The third-order valence-corrected chi connectivity index (χ3v) is 2.13. The number of carbonyl (C=O) groups is 1. The first-order chi connectivity index (χ1) is 7.75. The van der Waals surface area contributed by atoms with Crippen LogP contribution < -0.4 is 5.32 Å². The first-order valence-corrected chi connectivity index (χ1v) is 4.96. The van der Waals surface area contributed by atoms with Gasteiger partial charge in [-0.3, -0.25) is 4.79 Å². The fraction of sp³-hybridized carbons (Fsp3) is 0. The molecule has 1 aromatic heterocycles. The van der Waals surface area contributed by atoms with Crippen molar-refractivity contribution < 1.29 is 4.79 Å². The second-order valence-electron chi connectivity index (χ2n) is 3.06. The van der Waals surface area contributed by atoms with Gasteiger partial charge in [0.05, 0.1) is 0 Å². The largest absolute Gasteiger partial charge is 0.321 e. The van der Waals surface area contributed by atoms with Crippen LogP contribution in [-0.2, 0) is 0 Å². The number of nitrogens with zero attached hydrogens (tertiary/aromatic N) is 2. The zero-order valence-corrected chi connectivity index (χ0v) is 8.98. The van der Waals surface area contributed by atoms with E-state index >= 15 is 0 Å². The fourth-order valence-corrected chi connectivity index (χ4v) is 1.38. The summed E-state index contributed by atoms with van der Waals surface area (Å²) >= 11 is 5.80. The van der Waals surface area contributed by atoms with Crippen molar-refractivity contribution in [2.24, 2.45) is 0 Å². The summed E-state index contributed by atoms with van der Waals surface area (Å²) in [5.74, 6) is -0.287. The molecular weight excluding hydrogens is 226 g/mol. The second-order valence-corrected chi connectivity index (χ2v) is 3.50. The topological polar surface area (TPSA) is 54.9 Å². The molecule has 0 aliphatic rings. The monoisotopic (exact) mass is 233 g/mol. The van der Waals surface area contributed by atoms with Crippen molar-refractivity contribution in [3.05, 3.63) is 53.6 Å². The standard InChI is InChI=1S/C11H8ClN3O/c12-8-2-1-3-9(6-8)15-11(16)10-4-5-13-7-14-10/h1-7H,(H,15,16). The molecule has 0 radical (unpaired) electrons. The van der Waals surface area contributed by atoms with E-state index in [1.54, 1.807) is 30.3 Å². The zero-order chi connectivity index (χ0) is 11.4. The maximum absolute atomic E-state index is 11.7. The van der Waals surface area contributed by atoms with Gasteiger partial charge in [-0.15, -0.1) is 0 Å². The molecule has 0 unspecified atom stereocenters. The number of hydrogen-bond acceptors (Lipinski definition) is 3. The van der Waals surface area contributed by atoms with Crippen molar-refractivity contribution in [1.29, 1.82) is 0 Å². The summed E-state index contributed by atoms with van der Waals surface area (Å²) in [6, 6.07) is 8.46. The number of benzene rings is 1. The summed E-state index contributed by atoms with van der Waals surface area (Å²) in [6.07, 6.45) is 2.84. The maximum atomic E-state index is 11.7. The Morgan fingerprint density at radius 1 is 1.31 bits per heavy atom. The van der Waals surface area contributed by atoms with Crippen LogP contribution in [0.2, 0.25) is 5.02 Å². The highest BCUT2D eigenvalue weighted by atomic mass is 35.5. The van der Waals surface area contributed by atoms with E-state index < -0.39 is 0 Å². The van der Waals surface area contributed by atoms with Gasteiger partial charge < -0.3 is 5.32 Å². The molecule has 4 nitrogen and oxygen atoms in total. The van der Waals surface area contributed by atoms with Crippen LogP contribution in [0.25, 0.3) is 0 Å². The van der Waals surface area contributed by atoms with Gasteiger partial charge in [0.2, 0.25) is 0 Å². The van der Waals surface area contributed by atoms with Gasteiger partial charge >= 0.3 is 0 Å². The number of aromatic nitrogens is 2. The molecule has 0 aliphatic heterocycles. The Labute approximate surface area is 97.3 Å². The highest BCUT2D eigenvalue weighted by molar-refractivity contribution is 6.30. The van der Waals surface area contributed by atoms with E-state index in [0.29, 0.717) is 16.4 Å². The van der Waals surface area contributed by atoms with Crippen molar-refractivity contribution in [1.82, 2.24) is 9.97 Å². The summed E-state index contributed by atoms with van der Waals surface area (Å²) in [4.78, 5) is 19.3.